The van der Waals surface area contributed by atoms with Gasteiger partial charge in [-0.15, -0.1) is 0 Å². The Balaban J connectivity index is 1.45. The number of para-hydroxylation sites is 1. The van der Waals surface area contributed by atoms with Crippen molar-refractivity contribution < 1.29 is 14.4 Å². The largest absolute Gasteiger partial charge is 0.325 e. The molecule has 2 N–H and O–H groups in total. The molecule has 4 aliphatic rings. The molecule has 4 aromatic carbocycles. The summed E-state index contributed by atoms with van der Waals surface area (Å²) in [6.45, 7) is 0.600. The average molecular weight is 534 g/mol. The second-order valence-electron chi connectivity index (χ2n) is 11.0. The van der Waals surface area contributed by atoms with Gasteiger partial charge in [-0.25, -0.2) is 0 Å². The van der Waals surface area contributed by atoms with Crippen LogP contribution in [0.15, 0.2) is 84.9 Å². The quantitative estimate of drug-likeness (QED) is 0.333. The van der Waals surface area contributed by atoms with Crippen molar-refractivity contribution in [2.24, 2.45) is 5.92 Å². The zero-order chi connectivity index (χ0) is 26.5. The van der Waals surface area contributed by atoms with Crippen LogP contribution in [0.1, 0.15) is 34.3 Å². The summed E-state index contributed by atoms with van der Waals surface area (Å²) >= 11 is 6.53. The maximum atomic E-state index is 14.8. The number of halogens is 1. The number of hydrogen-bond acceptors (Lipinski definition) is 4. The molecule has 6 nitrogen and oxygen atoms in total. The van der Waals surface area contributed by atoms with Crippen molar-refractivity contribution in [2.45, 2.75) is 29.8 Å². The third-order valence-electron chi connectivity index (χ3n) is 9.37. The Bertz CT molecular complexity index is 1770. The molecule has 0 saturated carbocycles. The van der Waals surface area contributed by atoms with Gasteiger partial charge in [-0.05, 0) is 66.1 Å². The number of nitrogens with one attached hydrogen (secondary N) is 2. The van der Waals surface area contributed by atoms with E-state index in [1.807, 2.05) is 66.7 Å². The SMILES string of the molecule is O=C(c1ccc2ccccc2c1)C1C2CCCN2C2(C(=O)Nc3ccc(Cl)cc32)C12C(=O)Nc1ccccc12. The number of nitrogens with zero attached hydrogens (tertiary/aromatic N) is 1. The van der Waals surface area contributed by atoms with Crippen LogP contribution in [0.4, 0.5) is 11.4 Å². The molecule has 2 amide bonds. The molecule has 0 bridgehead atoms. The molecule has 4 aliphatic heterocycles. The van der Waals surface area contributed by atoms with Crippen LogP contribution in [0.5, 0.6) is 0 Å². The van der Waals surface area contributed by atoms with Crippen LogP contribution >= 0.6 is 11.6 Å². The van der Waals surface area contributed by atoms with Crippen molar-refractivity contribution >= 4 is 51.3 Å². The molecule has 8 rings (SSSR count). The molecule has 0 radical (unpaired) electrons. The fourth-order valence-corrected chi connectivity index (χ4v) is 8.24. The molecule has 2 saturated heterocycles. The van der Waals surface area contributed by atoms with Gasteiger partial charge in [-0.2, -0.15) is 0 Å². The van der Waals surface area contributed by atoms with Gasteiger partial charge < -0.3 is 10.6 Å². The van der Waals surface area contributed by atoms with E-state index < -0.39 is 16.9 Å². The van der Waals surface area contributed by atoms with Gasteiger partial charge in [-0.3, -0.25) is 19.3 Å². The highest BCUT2D eigenvalue weighted by molar-refractivity contribution is 6.31. The molecule has 39 heavy (non-hydrogen) atoms. The summed E-state index contributed by atoms with van der Waals surface area (Å²) in [5, 5.41) is 8.61. The summed E-state index contributed by atoms with van der Waals surface area (Å²) in [5.74, 6) is -1.50. The minimum absolute atomic E-state index is 0.121. The van der Waals surface area contributed by atoms with E-state index >= 15 is 0 Å². The number of Topliss-reactive ketones (excluding diaryl/α,β-unsaturated/α-hetero) is 1. The van der Waals surface area contributed by atoms with Crippen LogP contribution in [0, 0.1) is 5.92 Å². The number of fused-ring (bicyclic) bond motifs is 8. The molecule has 4 atom stereocenters. The average Bonchev–Trinajstić information content (AvgIpc) is 3.67. The third-order valence-corrected chi connectivity index (χ3v) is 9.61. The van der Waals surface area contributed by atoms with E-state index in [-0.39, 0.29) is 23.6 Å². The highest BCUT2D eigenvalue weighted by Crippen LogP contribution is 2.68. The van der Waals surface area contributed by atoms with Gasteiger partial charge in [0.1, 0.15) is 11.0 Å². The number of amides is 2. The number of hydrogen-bond donors (Lipinski definition) is 2. The Morgan fingerprint density at radius 2 is 1.56 bits per heavy atom. The van der Waals surface area contributed by atoms with E-state index in [4.69, 9.17) is 11.6 Å². The lowest BCUT2D eigenvalue weighted by molar-refractivity contribution is -0.137. The molecular formula is C32H24ClN3O3. The van der Waals surface area contributed by atoms with Gasteiger partial charge in [0.05, 0.1) is 5.92 Å². The van der Waals surface area contributed by atoms with E-state index in [0.717, 1.165) is 17.2 Å². The first kappa shape index (κ1) is 22.9. The van der Waals surface area contributed by atoms with Gasteiger partial charge in [0.2, 0.25) is 5.91 Å². The summed E-state index contributed by atoms with van der Waals surface area (Å²) in [6.07, 6.45) is 1.54. The number of ketones is 1. The predicted octanol–water partition coefficient (Wildman–Crippen LogP) is 5.51. The van der Waals surface area contributed by atoms with Crippen molar-refractivity contribution in [3.05, 3.63) is 107 Å². The van der Waals surface area contributed by atoms with Gasteiger partial charge in [-0.1, -0.05) is 66.2 Å². The molecule has 192 valence electrons. The molecular weight excluding hydrogens is 510 g/mol. The minimum Gasteiger partial charge on any atom is -0.325 e. The normalized spacial score (nSPS) is 28.5. The Labute approximate surface area is 230 Å². The van der Waals surface area contributed by atoms with Crippen LogP contribution in [0.3, 0.4) is 0 Å². The van der Waals surface area contributed by atoms with Crippen molar-refractivity contribution in [1.29, 1.82) is 0 Å². The van der Waals surface area contributed by atoms with E-state index in [1.54, 1.807) is 18.2 Å². The minimum atomic E-state index is -1.47. The van der Waals surface area contributed by atoms with Crippen LogP contribution < -0.4 is 10.6 Å². The molecule has 7 heteroatoms. The lowest BCUT2D eigenvalue weighted by Gasteiger charge is -2.43. The van der Waals surface area contributed by atoms with Crippen molar-refractivity contribution in [3.8, 4) is 0 Å². The number of anilines is 2. The predicted molar refractivity (Wildman–Crippen MR) is 150 cm³/mol. The van der Waals surface area contributed by atoms with Crippen LogP contribution in [0.2, 0.25) is 5.02 Å². The topological polar surface area (TPSA) is 78.5 Å². The monoisotopic (exact) mass is 533 g/mol. The zero-order valence-corrected chi connectivity index (χ0v) is 21.7. The van der Waals surface area contributed by atoms with Crippen molar-refractivity contribution in [1.82, 2.24) is 4.90 Å². The van der Waals surface area contributed by atoms with E-state index in [2.05, 4.69) is 15.5 Å². The maximum absolute atomic E-state index is 14.8. The molecule has 0 aliphatic carbocycles. The molecule has 2 spiro atoms. The summed E-state index contributed by atoms with van der Waals surface area (Å²) in [5.41, 5.74) is 0.274. The van der Waals surface area contributed by atoms with E-state index in [1.165, 1.54) is 0 Å². The third kappa shape index (κ3) is 2.63. The second kappa shape index (κ2) is 7.78. The smallest absolute Gasteiger partial charge is 0.251 e. The van der Waals surface area contributed by atoms with Gasteiger partial charge in [0.25, 0.3) is 5.91 Å². The Morgan fingerprint density at radius 3 is 2.44 bits per heavy atom. The molecule has 4 heterocycles. The van der Waals surface area contributed by atoms with Crippen molar-refractivity contribution in [2.75, 3.05) is 17.2 Å². The second-order valence-corrected chi connectivity index (χ2v) is 11.4. The fraction of sp³-hybridized carbons (Fsp3) is 0.219. The Kier molecular flexibility index (Phi) is 4.57. The van der Waals surface area contributed by atoms with Gasteiger partial charge >= 0.3 is 0 Å². The first-order valence-electron chi connectivity index (χ1n) is 13.3. The number of carbonyl (C=O) groups is 3. The Morgan fingerprint density at radius 1 is 0.821 bits per heavy atom. The fourth-order valence-electron chi connectivity index (χ4n) is 8.07. The van der Waals surface area contributed by atoms with E-state index in [9.17, 15) is 14.4 Å². The summed E-state index contributed by atoms with van der Waals surface area (Å²) in [7, 11) is 0. The standard InChI is InChI=1S/C32H24ClN3O3/c33-21-13-14-25-23(17-21)32(30(39)35-25)31(22-8-3-4-9-24(22)34-29(31)38)27(26-10-5-15-36(26)32)28(37)20-12-11-18-6-1-2-7-19(18)16-20/h1-4,6-9,11-14,16-17,26-27H,5,10,15H2,(H,34,38)(H,35,39). The highest BCUT2D eigenvalue weighted by atomic mass is 35.5. The highest BCUT2D eigenvalue weighted by Gasteiger charge is 2.81. The zero-order valence-electron chi connectivity index (χ0n) is 20.9. The van der Waals surface area contributed by atoms with Crippen LogP contribution in [-0.2, 0) is 20.5 Å². The molecule has 2 fully saturated rings. The van der Waals surface area contributed by atoms with E-state index in [0.29, 0.717) is 46.1 Å². The van der Waals surface area contributed by atoms with Crippen molar-refractivity contribution in [3.63, 3.8) is 0 Å². The lowest BCUT2D eigenvalue weighted by atomic mass is 9.57. The summed E-state index contributed by atoms with van der Waals surface area (Å²) in [4.78, 5) is 45.9. The number of carbonyl (C=O) groups excluding carboxylic acids is 3. The van der Waals surface area contributed by atoms with Gasteiger partial charge in [0.15, 0.2) is 5.78 Å². The van der Waals surface area contributed by atoms with Gasteiger partial charge in [0, 0.05) is 33.6 Å². The van der Waals surface area contributed by atoms with Crippen LogP contribution in [-0.4, -0.2) is 35.1 Å². The number of benzene rings is 4. The van der Waals surface area contributed by atoms with Crippen LogP contribution in [0.25, 0.3) is 10.8 Å². The molecule has 4 unspecified atom stereocenters. The lowest BCUT2D eigenvalue weighted by Crippen LogP contribution is -2.62. The first-order chi connectivity index (χ1) is 19.0. The maximum Gasteiger partial charge on any atom is 0.251 e. The first-order valence-corrected chi connectivity index (χ1v) is 13.7. The summed E-state index contributed by atoms with van der Waals surface area (Å²) < 4.78 is 0. The molecule has 4 aromatic rings. The Hall–Kier alpha value is -4.00. The number of rotatable bonds is 2. The summed E-state index contributed by atoms with van der Waals surface area (Å²) in [6, 6.07) is 26.1. The molecule has 0 aromatic heterocycles.